The van der Waals surface area contributed by atoms with Crippen molar-refractivity contribution in [2.24, 2.45) is 0 Å². The Bertz CT molecular complexity index is 459. The molecule has 2 amide bonds. The summed E-state index contributed by atoms with van der Waals surface area (Å²) in [6.07, 6.45) is 1.32. The Morgan fingerprint density at radius 1 is 1.35 bits per heavy atom. The molecule has 0 aliphatic carbocycles. The number of urea groups is 1. The fraction of sp³-hybridized carbons (Fsp3) is 0.571. The maximum absolute atomic E-state index is 11.8. The minimum atomic E-state index is -0.903. The van der Waals surface area contributed by atoms with Gasteiger partial charge in [-0.3, -0.25) is 4.79 Å². The van der Waals surface area contributed by atoms with Crippen molar-refractivity contribution in [3.05, 3.63) is 21.9 Å². The molecule has 0 fully saturated rings. The van der Waals surface area contributed by atoms with Crippen LogP contribution < -0.4 is 10.6 Å². The van der Waals surface area contributed by atoms with Gasteiger partial charge in [0.25, 0.3) is 0 Å². The zero-order valence-electron chi connectivity index (χ0n) is 12.1. The van der Waals surface area contributed by atoms with Gasteiger partial charge in [-0.2, -0.15) is 0 Å². The number of carbonyl (C=O) groups is 2. The van der Waals surface area contributed by atoms with Crippen molar-refractivity contribution < 1.29 is 14.7 Å². The monoisotopic (exact) mass is 298 g/mol. The van der Waals surface area contributed by atoms with Crippen molar-refractivity contribution in [1.29, 1.82) is 0 Å². The first-order valence-electron chi connectivity index (χ1n) is 6.74. The van der Waals surface area contributed by atoms with Crippen LogP contribution in [0.3, 0.4) is 0 Å². The summed E-state index contributed by atoms with van der Waals surface area (Å²) in [5.41, 5.74) is 0. The summed E-state index contributed by atoms with van der Waals surface area (Å²) in [4.78, 5) is 24.9. The zero-order chi connectivity index (χ0) is 15.1. The molecule has 1 heterocycles. The quantitative estimate of drug-likeness (QED) is 0.724. The predicted octanol–water partition coefficient (Wildman–Crippen LogP) is 2.54. The average molecular weight is 298 g/mol. The van der Waals surface area contributed by atoms with Crippen LogP contribution in [0.1, 0.15) is 36.4 Å². The molecule has 0 aliphatic rings. The van der Waals surface area contributed by atoms with E-state index in [1.807, 2.05) is 13.8 Å². The molecule has 0 aliphatic heterocycles. The summed E-state index contributed by atoms with van der Waals surface area (Å²) in [7, 11) is 0. The van der Waals surface area contributed by atoms with Crippen LogP contribution in [0, 0.1) is 6.92 Å². The Hall–Kier alpha value is -1.56. The molecule has 1 aromatic heterocycles. The lowest BCUT2D eigenvalue weighted by atomic mass is 10.1. The molecular formula is C14H22N2O3S. The van der Waals surface area contributed by atoms with Crippen molar-refractivity contribution in [2.45, 2.75) is 52.1 Å². The highest BCUT2D eigenvalue weighted by atomic mass is 32.1. The van der Waals surface area contributed by atoms with Crippen molar-refractivity contribution >= 4 is 23.3 Å². The molecule has 0 bridgehead atoms. The second-order valence-electron chi connectivity index (χ2n) is 4.94. The van der Waals surface area contributed by atoms with Gasteiger partial charge in [0.2, 0.25) is 0 Å². The summed E-state index contributed by atoms with van der Waals surface area (Å²) in [6, 6.07) is 3.50. The third kappa shape index (κ3) is 6.06. The third-order valence-electron chi connectivity index (χ3n) is 2.93. The summed E-state index contributed by atoms with van der Waals surface area (Å²) < 4.78 is 0. The van der Waals surface area contributed by atoms with E-state index in [2.05, 4.69) is 29.7 Å². The number of thiophene rings is 1. The number of hydrogen-bond acceptors (Lipinski definition) is 3. The van der Waals surface area contributed by atoms with E-state index < -0.39 is 5.97 Å². The predicted molar refractivity (Wildman–Crippen MR) is 80.2 cm³/mol. The molecule has 1 aromatic rings. The number of hydrogen-bond donors (Lipinski definition) is 3. The van der Waals surface area contributed by atoms with Crippen LogP contribution in [0.5, 0.6) is 0 Å². The highest BCUT2D eigenvalue weighted by Crippen LogP contribution is 2.16. The molecule has 6 heteroatoms. The fourth-order valence-corrected chi connectivity index (χ4v) is 2.93. The standard InChI is InChI=1S/C14H22N2O3S/c1-4-11(8-13(17)18)16-14(19)15-9(2)7-12-6-5-10(3)20-12/h5-6,9,11H,4,7-8H2,1-3H3,(H,17,18)(H2,15,16,19). The van der Waals surface area contributed by atoms with E-state index in [9.17, 15) is 9.59 Å². The van der Waals surface area contributed by atoms with E-state index in [-0.39, 0.29) is 24.5 Å². The molecule has 0 saturated heterocycles. The zero-order valence-corrected chi connectivity index (χ0v) is 12.9. The molecule has 1 rings (SSSR count). The van der Waals surface area contributed by atoms with Crippen LogP contribution in [0.25, 0.3) is 0 Å². The molecule has 0 radical (unpaired) electrons. The highest BCUT2D eigenvalue weighted by molar-refractivity contribution is 7.11. The Balaban J connectivity index is 2.38. The maximum atomic E-state index is 11.8. The first-order chi connectivity index (χ1) is 9.40. The van der Waals surface area contributed by atoms with Gasteiger partial charge in [0.1, 0.15) is 0 Å². The minimum absolute atomic E-state index is 0.00961. The van der Waals surface area contributed by atoms with Crippen LogP contribution in [0.2, 0.25) is 0 Å². The van der Waals surface area contributed by atoms with E-state index in [1.54, 1.807) is 11.3 Å². The van der Waals surface area contributed by atoms with Crippen molar-refractivity contribution in [1.82, 2.24) is 10.6 Å². The van der Waals surface area contributed by atoms with E-state index in [1.165, 1.54) is 9.75 Å². The summed E-state index contributed by atoms with van der Waals surface area (Å²) in [5.74, 6) is -0.903. The summed E-state index contributed by atoms with van der Waals surface area (Å²) in [6.45, 7) is 5.84. The van der Waals surface area contributed by atoms with Crippen LogP contribution in [0.4, 0.5) is 4.79 Å². The van der Waals surface area contributed by atoms with Crippen molar-refractivity contribution in [3.8, 4) is 0 Å². The highest BCUT2D eigenvalue weighted by Gasteiger charge is 2.15. The van der Waals surface area contributed by atoms with E-state index in [0.29, 0.717) is 6.42 Å². The lowest BCUT2D eigenvalue weighted by Crippen LogP contribution is -2.46. The minimum Gasteiger partial charge on any atom is -0.481 e. The van der Waals surface area contributed by atoms with Gasteiger partial charge >= 0.3 is 12.0 Å². The number of nitrogens with one attached hydrogen (secondary N) is 2. The summed E-state index contributed by atoms with van der Waals surface area (Å²) >= 11 is 1.72. The third-order valence-corrected chi connectivity index (χ3v) is 3.95. The SMILES string of the molecule is CCC(CC(=O)O)NC(=O)NC(C)Cc1ccc(C)s1. The lowest BCUT2D eigenvalue weighted by Gasteiger charge is -2.18. The second kappa shape index (κ2) is 7.89. The van der Waals surface area contributed by atoms with Crippen LogP contribution in [0.15, 0.2) is 12.1 Å². The largest absolute Gasteiger partial charge is 0.481 e. The number of aliphatic carboxylic acids is 1. The van der Waals surface area contributed by atoms with E-state index in [0.717, 1.165) is 6.42 Å². The molecule has 0 saturated carbocycles. The van der Waals surface area contributed by atoms with Crippen molar-refractivity contribution in [3.63, 3.8) is 0 Å². The molecular weight excluding hydrogens is 276 g/mol. The summed E-state index contributed by atoms with van der Waals surface area (Å²) in [5, 5.41) is 14.3. The van der Waals surface area contributed by atoms with Gasteiger partial charge in [-0.25, -0.2) is 4.79 Å². The fourth-order valence-electron chi connectivity index (χ4n) is 1.91. The molecule has 0 aromatic carbocycles. The maximum Gasteiger partial charge on any atom is 0.315 e. The molecule has 2 atom stereocenters. The Labute approximate surface area is 123 Å². The first-order valence-corrected chi connectivity index (χ1v) is 7.56. The smallest absolute Gasteiger partial charge is 0.315 e. The number of rotatable bonds is 7. The molecule has 20 heavy (non-hydrogen) atoms. The average Bonchev–Trinajstić information content (AvgIpc) is 2.72. The van der Waals surface area contributed by atoms with Gasteiger partial charge in [0, 0.05) is 28.3 Å². The molecule has 2 unspecified atom stereocenters. The van der Waals surface area contributed by atoms with Crippen LogP contribution in [-0.2, 0) is 11.2 Å². The number of carboxylic acids is 1. The van der Waals surface area contributed by atoms with Gasteiger partial charge in [-0.1, -0.05) is 6.92 Å². The lowest BCUT2D eigenvalue weighted by molar-refractivity contribution is -0.137. The Kier molecular flexibility index (Phi) is 6.51. The molecule has 0 spiro atoms. The second-order valence-corrected chi connectivity index (χ2v) is 6.31. The molecule has 5 nitrogen and oxygen atoms in total. The Morgan fingerprint density at radius 3 is 2.55 bits per heavy atom. The number of carbonyl (C=O) groups excluding carboxylic acids is 1. The van der Waals surface area contributed by atoms with Gasteiger partial charge < -0.3 is 15.7 Å². The van der Waals surface area contributed by atoms with Gasteiger partial charge in [0.05, 0.1) is 6.42 Å². The number of aryl methyl sites for hydroxylation is 1. The van der Waals surface area contributed by atoms with Gasteiger partial charge in [0.15, 0.2) is 0 Å². The topological polar surface area (TPSA) is 78.4 Å². The van der Waals surface area contributed by atoms with Crippen LogP contribution in [-0.4, -0.2) is 29.2 Å². The van der Waals surface area contributed by atoms with Crippen molar-refractivity contribution in [2.75, 3.05) is 0 Å². The number of carboxylic acid groups (broad SMARTS) is 1. The number of amides is 2. The first kappa shape index (κ1) is 16.5. The normalized spacial score (nSPS) is 13.6. The molecule has 3 N–H and O–H groups in total. The van der Waals surface area contributed by atoms with Crippen LogP contribution >= 0.6 is 11.3 Å². The van der Waals surface area contributed by atoms with Gasteiger partial charge in [-0.05, 0) is 32.4 Å². The molecule has 112 valence electrons. The van der Waals surface area contributed by atoms with E-state index >= 15 is 0 Å². The van der Waals surface area contributed by atoms with E-state index in [4.69, 9.17) is 5.11 Å². The Morgan fingerprint density at radius 2 is 2.05 bits per heavy atom. The van der Waals surface area contributed by atoms with Gasteiger partial charge in [-0.15, -0.1) is 11.3 Å².